The van der Waals surface area contributed by atoms with Crippen molar-refractivity contribution >= 4 is 11.5 Å². The van der Waals surface area contributed by atoms with Crippen molar-refractivity contribution in [3.05, 3.63) is 42.6 Å². The molecule has 4 nitrogen and oxygen atoms in total. The van der Waals surface area contributed by atoms with Gasteiger partial charge in [0, 0.05) is 38.1 Å². The van der Waals surface area contributed by atoms with Crippen LogP contribution in [0.5, 0.6) is 0 Å². The van der Waals surface area contributed by atoms with Crippen LogP contribution in [0, 0.1) is 0 Å². The fourth-order valence-electron chi connectivity index (χ4n) is 2.42. The molecule has 1 aliphatic heterocycles. The van der Waals surface area contributed by atoms with Crippen molar-refractivity contribution in [2.75, 3.05) is 36.8 Å². The summed E-state index contributed by atoms with van der Waals surface area (Å²) in [5.74, 6) is 0.559. The first-order chi connectivity index (χ1) is 9.33. The Morgan fingerprint density at radius 3 is 2.42 bits per heavy atom. The summed E-state index contributed by atoms with van der Waals surface area (Å²) in [4.78, 5) is 6.42. The fourth-order valence-corrected chi connectivity index (χ4v) is 2.42. The van der Waals surface area contributed by atoms with Crippen LogP contribution in [0.4, 0.5) is 11.5 Å². The Morgan fingerprint density at radius 1 is 1.00 bits per heavy atom. The molecular weight excluding hydrogens is 236 g/mol. The normalized spacial score (nSPS) is 15.5. The van der Waals surface area contributed by atoms with Crippen LogP contribution < -0.4 is 16.0 Å². The number of nitrogens with two attached hydrogens (primary N) is 1. The first-order valence-corrected chi connectivity index (χ1v) is 6.60. The second-order valence-electron chi connectivity index (χ2n) is 4.75. The van der Waals surface area contributed by atoms with E-state index in [1.165, 1.54) is 11.3 Å². The molecule has 1 aromatic carbocycles. The Bertz CT molecular complexity index is 544. The number of rotatable bonds is 2. The highest BCUT2D eigenvalue weighted by molar-refractivity contribution is 5.68. The molecule has 0 saturated carbocycles. The van der Waals surface area contributed by atoms with E-state index in [1.807, 2.05) is 12.1 Å². The summed E-state index contributed by atoms with van der Waals surface area (Å²) in [6, 6.07) is 12.5. The van der Waals surface area contributed by atoms with Crippen LogP contribution in [0.15, 0.2) is 42.6 Å². The summed E-state index contributed by atoms with van der Waals surface area (Å²) in [5.41, 5.74) is 9.29. The molecule has 0 bridgehead atoms. The third-order valence-corrected chi connectivity index (χ3v) is 3.46. The highest BCUT2D eigenvalue weighted by Crippen LogP contribution is 2.24. The molecule has 1 fully saturated rings. The molecule has 0 spiro atoms. The highest BCUT2D eigenvalue weighted by Gasteiger charge is 2.10. The van der Waals surface area contributed by atoms with Gasteiger partial charge in [0.05, 0.1) is 0 Å². The molecule has 0 radical (unpaired) electrons. The number of hydrogen-bond donors (Lipinski definition) is 2. The van der Waals surface area contributed by atoms with Gasteiger partial charge in [-0.3, -0.25) is 0 Å². The maximum atomic E-state index is 5.72. The number of piperazine rings is 1. The topological polar surface area (TPSA) is 54.2 Å². The molecular formula is C15H18N4. The quantitative estimate of drug-likeness (QED) is 0.857. The monoisotopic (exact) mass is 254 g/mol. The summed E-state index contributed by atoms with van der Waals surface area (Å²) < 4.78 is 0. The number of hydrogen-bond acceptors (Lipinski definition) is 4. The summed E-state index contributed by atoms with van der Waals surface area (Å²) in [6.45, 7) is 4.26. The van der Waals surface area contributed by atoms with E-state index in [0.29, 0.717) is 5.82 Å². The lowest BCUT2D eigenvalue weighted by molar-refractivity contribution is 0.589. The molecule has 4 heteroatoms. The number of nitrogens with zero attached hydrogens (tertiary/aromatic N) is 2. The smallest absolute Gasteiger partial charge is 0.123 e. The molecule has 98 valence electrons. The van der Waals surface area contributed by atoms with Gasteiger partial charge < -0.3 is 16.0 Å². The standard InChI is InChI=1S/C15H18N4/c16-15-11-13(5-6-18-15)12-1-3-14(4-2-12)19-9-7-17-8-10-19/h1-6,11,17H,7-10H2,(H2,16,18). The van der Waals surface area contributed by atoms with Gasteiger partial charge in [0.25, 0.3) is 0 Å². The molecule has 2 aromatic rings. The van der Waals surface area contributed by atoms with Crippen molar-refractivity contribution < 1.29 is 0 Å². The predicted octanol–water partition coefficient (Wildman–Crippen LogP) is 1.74. The average molecular weight is 254 g/mol. The van der Waals surface area contributed by atoms with Gasteiger partial charge >= 0.3 is 0 Å². The van der Waals surface area contributed by atoms with Gasteiger partial charge in [-0.1, -0.05) is 12.1 Å². The van der Waals surface area contributed by atoms with E-state index in [-0.39, 0.29) is 0 Å². The molecule has 1 saturated heterocycles. The second-order valence-corrected chi connectivity index (χ2v) is 4.75. The summed E-state index contributed by atoms with van der Waals surface area (Å²) in [6.07, 6.45) is 1.74. The van der Waals surface area contributed by atoms with E-state index in [4.69, 9.17) is 5.73 Å². The number of aromatic nitrogens is 1. The van der Waals surface area contributed by atoms with Crippen molar-refractivity contribution in [2.45, 2.75) is 0 Å². The van der Waals surface area contributed by atoms with E-state index in [9.17, 15) is 0 Å². The Labute approximate surface area is 113 Å². The molecule has 1 aliphatic rings. The Hall–Kier alpha value is -2.07. The minimum atomic E-state index is 0.559. The lowest BCUT2D eigenvalue weighted by Crippen LogP contribution is -2.43. The van der Waals surface area contributed by atoms with E-state index in [0.717, 1.165) is 31.7 Å². The van der Waals surface area contributed by atoms with Crippen LogP contribution in [0.2, 0.25) is 0 Å². The van der Waals surface area contributed by atoms with Gasteiger partial charge in [0.15, 0.2) is 0 Å². The van der Waals surface area contributed by atoms with Gasteiger partial charge in [0.1, 0.15) is 5.82 Å². The second kappa shape index (κ2) is 5.28. The van der Waals surface area contributed by atoms with E-state index < -0.39 is 0 Å². The summed E-state index contributed by atoms with van der Waals surface area (Å²) in [5, 5.41) is 3.37. The first-order valence-electron chi connectivity index (χ1n) is 6.60. The Balaban J connectivity index is 1.82. The first kappa shape index (κ1) is 12.0. The minimum absolute atomic E-state index is 0.559. The van der Waals surface area contributed by atoms with Crippen LogP contribution in [-0.2, 0) is 0 Å². The van der Waals surface area contributed by atoms with Gasteiger partial charge in [0.2, 0.25) is 0 Å². The number of nitrogens with one attached hydrogen (secondary N) is 1. The van der Waals surface area contributed by atoms with Gasteiger partial charge in [-0.2, -0.15) is 0 Å². The van der Waals surface area contributed by atoms with Gasteiger partial charge in [-0.05, 0) is 35.4 Å². The maximum Gasteiger partial charge on any atom is 0.123 e. The molecule has 3 rings (SSSR count). The zero-order valence-corrected chi connectivity index (χ0v) is 10.8. The highest BCUT2D eigenvalue weighted by atomic mass is 15.2. The molecule has 0 atom stereocenters. The van der Waals surface area contributed by atoms with Crippen molar-refractivity contribution in [1.29, 1.82) is 0 Å². The molecule has 0 amide bonds. The summed E-state index contributed by atoms with van der Waals surface area (Å²) in [7, 11) is 0. The van der Waals surface area contributed by atoms with Crippen LogP contribution in [0.25, 0.3) is 11.1 Å². The number of pyridine rings is 1. The van der Waals surface area contributed by atoms with Crippen LogP contribution in [0.1, 0.15) is 0 Å². The number of nitrogen functional groups attached to an aromatic ring is 1. The zero-order valence-electron chi connectivity index (χ0n) is 10.8. The SMILES string of the molecule is Nc1cc(-c2ccc(N3CCNCC3)cc2)ccn1. The molecule has 1 aromatic heterocycles. The van der Waals surface area contributed by atoms with Gasteiger partial charge in [-0.25, -0.2) is 4.98 Å². The average Bonchev–Trinajstić information content (AvgIpc) is 2.48. The largest absolute Gasteiger partial charge is 0.384 e. The van der Waals surface area contributed by atoms with Gasteiger partial charge in [-0.15, -0.1) is 0 Å². The minimum Gasteiger partial charge on any atom is -0.384 e. The molecule has 3 N–H and O–H groups in total. The van der Waals surface area contributed by atoms with Crippen molar-refractivity contribution in [2.24, 2.45) is 0 Å². The summed E-state index contributed by atoms with van der Waals surface area (Å²) >= 11 is 0. The number of benzene rings is 1. The molecule has 19 heavy (non-hydrogen) atoms. The molecule has 2 heterocycles. The van der Waals surface area contributed by atoms with E-state index >= 15 is 0 Å². The van der Waals surface area contributed by atoms with Crippen LogP contribution in [0.3, 0.4) is 0 Å². The fraction of sp³-hybridized carbons (Fsp3) is 0.267. The predicted molar refractivity (Wildman–Crippen MR) is 79.2 cm³/mol. The Morgan fingerprint density at radius 2 is 1.74 bits per heavy atom. The third-order valence-electron chi connectivity index (χ3n) is 3.46. The van der Waals surface area contributed by atoms with Crippen LogP contribution >= 0.6 is 0 Å². The molecule has 0 unspecified atom stereocenters. The zero-order chi connectivity index (χ0) is 13.1. The number of anilines is 2. The third kappa shape index (κ3) is 2.69. The Kier molecular flexibility index (Phi) is 3.33. The van der Waals surface area contributed by atoms with Crippen molar-refractivity contribution in [1.82, 2.24) is 10.3 Å². The van der Waals surface area contributed by atoms with E-state index in [2.05, 4.69) is 39.5 Å². The van der Waals surface area contributed by atoms with Crippen molar-refractivity contribution in [3.8, 4) is 11.1 Å². The molecule has 0 aliphatic carbocycles. The van der Waals surface area contributed by atoms with Crippen molar-refractivity contribution in [3.63, 3.8) is 0 Å². The lowest BCUT2D eigenvalue weighted by atomic mass is 10.1. The maximum absolute atomic E-state index is 5.72. The van der Waals surface area contributed by atoms with E-state index in [1.54, 1.807) is 6.20 Å². The van der Waals surface area contributed by atoms with Crippen LogP contribution in [-0.4, -0.2) is 31.2 Å². The lowest BCUT2D eigenvalue weighted by Gasteiger charge is -2.29.